The fourth-order valence-corrected chi connectivity index (χ4v) is 3.79. The Labute approximate surface area is 116 Å². The van der Waals surface area contributed by atoms with Crippen molar-refractivity contribution in [2.75, 3.05) is 17.8 Å². The molecular weight excluding hydrogens is 288 g/mol. The summed E-state index contributed by atoms with van der Waals surface area (Å²) in [6.45, 7) is 0.611. The third-order valence-corrected chi connectivity index (χ3v) is 4.91. The number of benzene rings is 1. The molecule has 1 fully saturated rings. The molecule has 5 nitrogen and oxygen atoms in total. The van der Waals surface area contributed by atoms with E-state index in [1.165, 1.54) is 10.4 Å². The van der Waals surface area contributed by atoms with Crippen LogP contribution in [0.25, 0.3) is 0 Å². The first-order valence-electron chi connectivity index (χ1n) is 6.39. The van der Waals surface area contributed by atoms with Gasteiger partial charge in [0.15, 0.2) is 11.6 Å². The second-order valence-electron chi connectivity index (χ2n) is 4.73. The lowest BCUT2D eigenvalue weighted by atomic mass is 10.1. The van der Waals surface area contributed by atoms with Crippen molar-refractivity contribution in [2.45, 2.75) is 25.3 Å². The van der Waals surface area contributed by atoms with Crippen LogP contribution in [0.1, 0.15) is 19.3 Å². The zero-order chi connectivity index (χ0) is 14.8. The molecule has 0 saturated carbocycles. The van der Waals surface area contributed by atoms with Crippen LogP contribution in [-0.4, -0.2) is 31.9 Å². The molecule has 112 valence electrons. The number of anilines is 1. The third kappa shape index (κ3) is 3.25. The van der Waals surface area contributed by atoms with Crippen LogP contribution in [0.15, 0.2) is 18.2 Å². The first kappa shape index (κ1) is 15.1. The van der Waals surface area contributed by atoms with Crippen LogP contribution >= 0.6 is 0 Å². The predicted octanol–water partition coefficient (Wildman–Crippen LogP) is 1.43. The normalized spacial score (nSPS) is 20.9. The summed E-state index contributed by atoms with van der Waals surface area (Å²) in [6, 6.07) is 2.61. The van der Waals surface area contributed by atoms with Gasteiger partial charge in [-0.05, 0) is 25.0 Å². The largest absolute Gasteiger partial charge is 0.329 e. The van der Waals surface area contributed by atoms with E-state index in [2.05, 4.69) is 4.72 Å². The summed E-state index contributed by atoms with van der Waals surface area (Å²) in [6.07, 6.45) is 2.39. The number of rotatable bonds is 4. The summed E-state index contributed by atoms with van der Waals surface area (Å²) < 4.78 is 54.0. The molecule has 0 bridgehead atoms. The molecule has 1 aliphatic heterocycles. The minimum Gasteiger partial charge on any atom is -0.329 e. The molecular formula is C12H17F2N3O2S. The summed E-state index contributed by atoms with van der Waals surface area (Å²) in [5, 5.41) is 0. The summed E-state index contributed by atoms with van der Waals surface area (Å²) in [4.78, 5) is 0. The number of hydrogen-bond acceptors (Lipinski definition) is 3. The van der Waals surface area contributed by atoms with Crippen molar-refractivity contribution in [3.63, 3.8) is 0 Å². The number of nitrogens with one attached hydrogen (secondary N) is 1. The number of nitrogens with zero attached hydrogens (tertiary/aromatic N) is 1. The SMILES string of the molecule is NCC1CCCCN1S(=O)(=O)Nc1ccc(F)c(F)c1. The average molecular weight is 305 g/mol. The Morgan fingerprint density at radius 1 is 1.30 bits per heavy atom. The first-order chi connectivity index (χ1) is 9.44. The maximum atomic E-state index is 13.1. The molecule has 0 radical (unpaired) electrons. The first-order valence-corrected chi connectivity index (χ1v) is 7.83. The molecule has 3 N–H and O–H groups in total. The van der Waals surface area contributed by atoms with E-state index in [0.29, 0.717) is 13.0 Å². The van der Waals surface area contributed by atoms with Gasteiger partial charge in [0.25, 0.3) is 0 Å². The molecule has 0 amide bonds. The molecule has 1 unspecified atom stereocenters. The Kier molecular flexibility index (Phi) is 4.56. The molecule has 0 aliphatic carbocycles. The summed E-state index contributed by atoms with van der Waals surface area (Å²) in [7, 11) is -3.81. The number of hydrogen-bond donors (Lipinski definition) is 2. The van der Waals surface area contributed by atoms with Gasteiger partial charge >= 0.3 is 10.2 Å². The highest BCUT2D eigenvalue weighted by Crippen LogP contribution is 2.22. The van der Waals surface area contributed by atoms with E-state index < -0.39 is 21.8 Å². The monoisotopic (exact) mass is 305 g/mol. The quantitative estimate of drug-likeness (QED) is 0.883. The minimum atomic E-state index is -3.81. The maximum Gasteiger partial charge on any atom is 0.301 e. The van der Waals surface area contributed by atoms with Crippen molar-refractivity contribution >= 4 is 15.9 Å². The van der Waals surface area contributed by atoms with Gasteiger partial charge in [-0.15, -0.1) is 0 Å². The van der Waals surface area contributed by atoms with Crippen LogP contribution in [0, 0.1) is 11.6 Å². The van der Waals surface area contributed by atoms with Crippen molar-refractivity contribution < 1.29 is 17.2 Å². The van der Waals surface area contributed by atoms with E-state index in [1.807, 2.05) is 0 Å². The van der Waals surface area contributed by atoms with Crippen molar-refractivity contribution in [3.8, 4) is 0 Å². The highest BCUT2D eigenvalue weighted by Gasteiger charge is 2.31. The molecule has 1 atom stereocenters. The van der Waals surface area contributed by atoms with Gasteiger partial charge in [0.1, 0.15) is 0 Å². The van der Waals surface area contributed by atoms with Gasteiger partial charge in [-0.25, -0.2) is 8.78 Å². The van der Waals surface area contributed by atoms with Crippen molar-refractivity contribution in [1.29, 1.82) is 0 Å². The molecule has 0 aromatic heterocycles. The van der Waals surface area contributed by atoms with E-state index in [4.69, 9.17) is 5.73 Å². The lowest BCUT2D eigenvalue weighted by Crippen LogP contribution is -2.49. The van der Waals surface area contributed by atoms with Crippen LogP contribution in [0.4, 0.5) is 14.5 Å². The van der Waals surface area contributed by atoms with Gasteiger partial charge in [-0.2, -0.15) is 12.7 Å². The average Bonchev–Trinajstić information content (AvgIpc) is 2.42. The smallest absolute Gasteiger partial charge is 0.301 e. The summed E-state index contributed by atoms with van der Waals surface area (Å²) in [5.74, 6) is -2.12. The van der Waals surface area contributed by atoms with Crippen LogP contribution < -0.4 is 10.5 Å². The van der Waals surface area contributed by atoms with Crippen molar-refractivity contribution in [2.24, 2.45) is 5.73 Å². The maximum absolute atomic E-state index is 13.1. The van der Waals surface area contributed by atoms with Crippen LogP contribution in [0.3, 0.4) is 0 Å². The lowest BCUT2D eigenvalue weighted by molar-refractivity contribution is 0.259. The summed E-state index contributed by atoms with van der Waals surface area (Å²) in [5.41, 5.74) is 5.58. The van der Waals surface area contributed by atoms with Gasteiger partial charge in [0, 0.05) is 25.2 Å². The molecule has 1 saturated heterocycles. The second-order valence-corrected chi connectivity index (χ2v) is 6.36. The molecule has 20 heavy (non-hydrogen) atoms. The molecule has 1 aromatic carbocycles. The Morgan fingerprint density at radius 2 is 2.05 bits per heavy atom. The van der Waals surface area contributed by atoms with Gasteiger partial charge in [-0.3, -0.25) is 4.72 Å². The Balaban J connectivity index is 2.19. The zero-order valence-corrected chi connectivity index (χ0v) is 11.7. The fraction of sp³-hybridized carbons (Fsp3) is 0.500. The van der Waals surface area contributed by atoms with Crippen LogP contribution in [-0.2, 0) is 10.2 Å². The second kappa shape index (κ2) is 6.02. The molecule has 1 aromatic rings. The number of halogens is 2. The van der Waals surface area contributed by atoms with Crippen molar-refractivity contribution in [3.05, 3.63) is 29.8 Å². The third-order valence-electron chi connectivity index (χ3n) is 3.32. The lowest BCUT2D eigenvalue weighted by Gasteiger charge is -2.33. The Morgan fingerprint density at radius 3 is 2.70 bits per heavy atom. The molecule has 2 rings (SSSR count). The highest BCUT2D eigenvalue weighted by atomic mass is 32.2. The standard InChI is InChI=1S/C12H17F2N3O2S/c13-11-5-4-9(7-12(11)14)16-20(18,19)17-6-2-1-3-10(17)8-15/h4-5,7,10,16H,1-3,6,8,15H2. The molecule has 1 heterocycles. The molecule has 0 spiro atoms. The highest BCUT2D eigenvalue weighted by molar-refractivity contribution is 7.90. The summed E-state index contributed by atoms with van der Waals surface area (Å²) >= 11 is 0. The van der Waals surface area contributed by atoms with Gasteiger partial charge in [0.2, 0.25) is 0 Å². The molecule has 1 aliphatic rings. The van der Waals surface area contributed by atoms with Gasteiger partial charge in [0.05, 0.1) is 5.69 Å². The van der Waals surface area contributed by atoms with E-state index >= 15 is 0 Å². The van der Waals surface area contributed by atoms with E-state index in [0.717, 1.165) is 25.0 Å². The predicted molar refractivity (Wildman–Crippen MR) is 72.3 cm³/mol. The van der Waals surface area contributed by atoms with Gasteiger partial charge < -0.3 is 5.73 Å². The number of nitrogens with two attached hydrogens (primary N) is 1. The van der Waals surface area contributed by atoms with Gasteiger partial charge in [-0.1, -0.05) is 6.42 Å². The topological polar surface area (TPSA) is 75.4 Å². The minimum absolute atomic E-state index is 0.00903. The van der Waals surface area contributed by atoms with Crippen molar-refractivity contribution in [1.82, 2.24) is 4.31 Å². The van der Waals surface area contributed by atoms with E-state index in [9.17, 15) is 17.2 Å². The van der Waals surface area contributed by atoms with E-state index in [1.54, 1.807) is 0 Å². The Hall–Kier alpha value is -1.25. The molecule has 8 heteroatoms. The van der Waals surface area contributed by atoms with Crippen LogP contribution in [0.5, 0.6) is 0 Å². The van der Waals surface area contributed by atoms with Crippen LogP contribution in [0.2, 0.25) is 0 Å². The fourth-order valence-electron chi connectivity index (χ4n) is 2.29. The zero-order valence-electron chi connectivity index (χ0n) is 10.9. The van der Waals surface area contributed by atoms with E-state index in [-0.39, 0.29) is 18.3 Å². The number of piperidine rings is 1. The Bertz CT molecular complexity index is 580.